The number of piperidine rings is 1. The summed E-state index contributed by atoms with van der Waals surface area (Å²) >= 11 is 1.81. The molecule has 3 N–H and O–H groups in total. The zero-order valence-corrected chi connectivity index (χ0v) is 20.2. The van der Waals surface area contributed by atoms with Gasteiger partial charge in [-0.25, -0.2) is 4.99 Å². The van der Waals surface area contributed by atoms with Gasteiger partial charge in [-0.3, -0.25) is 0 Å². The highest BCUT2D eigenvalue weighted by Gasteiger charge is 2.20. The molecule has 8 heteroatoms. The van der Waals surface area contributed by atoms with Gasteiger partial charge in [0.15, 0.2) is 17.5 Å². The second-order valence-corrected chi connectivity index (χ2v) is 7.71. The first-order valence-electron chi connectivity index (χ1n) is 9.97. The number of ether oxygens (including phenoxy) is 1. The van der Waals surface area contributed by atoms with Crippen LogP contribution in [0.1, 0.15) is 32.3 Å². The van der Waals surface area contributed by atoms with Crippen LogP contribution in [0.2, 0.25) is 0 Å². The molecule has 160 valence electrons. The lowest BCUT2D eigenvalue weighted by molar-refractivity contribution is 0.318. The molecule has 1 fully saturated rings. The summed E-state index contributed by atoms with van der Waals surface area (Å²) in [5.41, 5.74) is 1.01. The van der Waals surface area contributed by atoms with E-state index in [9.17, 15) is 5.11 Å². The van der Waals surface area contributed by atoms with E-state index in [4.69, 9.17) is 9.73 Å². The van der Waals surface area contributed by atoms with E-state index >= 15 is 0 Å². The molecule has 1 aromatic heterocycles. The maximum atomic E-state index is 9.85. The van der Waals surface area contributed by atoms with Crippen LogP contribution in [0.25, 0.3) is 0 Å². The number of benzene rings is 1. The smallest absolute Gasteiger partial charge is 0.191 e. The summed E-state index contributed by atoms with van der Waals surface area (Å²) in [6.45, 7) is 7.98. The van der Waals surface area contributed by atoms with Crippen molar-refractivity contribution in [2.45, 2.75) is 39.3 Å². The fraction of sp³-hybridized carbons (Fsp3) is 0.476. The first-order valence-corrected chi connectivity index (χ1v) is 10.9. The second-order valence-electron chi connectivity index (χ2n) is 6.79. The van der Waals surface area contributed by atoms with Gasteiger partial charge in [0.2, 0.25) is 0 Å². The van der Waals surface area contributed by atoms with Crippen molar-refractivity contribution in [3.63, 3.8) is 0 Å². The van der Waals surface area contributed by atoms with E-state index in [2.05, 4.69) is 40.0 Å². The maximum absolute atomic E-state index is 9.85. The molecule has 1 aliphatic rings. The SMILES string of the molecule is CCNC(=NCc1ccc(O)c(OCC)c1)NC1CCN(c2cccs2)CC1.I. The number of aromatic hydroxyl groups is 1. The van der Waals surface area contributed by atoms with Crippen LogP contribution in [-0.2, 0) is 6.54 Å². The van der Waals surface area contributed by atoms with E-state index in [0.29, 0.717) is 24.9 Å². The average Bonchev–Trinajstić information content (AvgIpc) is 3.24. The normalized spacial score (nSPS) is 15.0. The molecule has 0 unspecified atom stereocenters. The molecule has 1 saturated heterocycles. The maximum Gasteiger partial charge on any atom is 0.191 e. The molecular formula is C21H31IN4O2S. The van der Waals surface area contributed by atoms with E-state index in [1.807, 2.05) is 19.1 Å². The van der Waals surface area contributed by atoms with Gasteiger partial charge in [0, 0.05) is 25.7 Å². The van der Waals surface area contributed by atoms with Crippen LogP contribution < -0.4 is 20.3 Å². The van der Waals surface area contributed by atoms with Crippen LogP contribution in [0.5, 0.6) is 11.5 Å². The first-order chi connectivity index (χ1) is 13.7. The van der Waals surface area contributed by atoms with E-state index in [-0.39, 0.29) is 29.7 Å². The van der Waals surface area contributed by atoms with Crippen LogP contribution in [0, 0.1) is 0 Å². The van der Waals surface area contributed by atoms with Crippen molar-refractivity contribution in [2.75, 3.05) is 31.1 Å². The van der Waals surface area contributed by atoms with Crippen LogP contribution in [0.3, 0.4) is 0 Å². The highest BCUT2D eigenvalue weighted by Crippen LogP contribution is 2.27. The number of nitrogens with zero attached hydrogens (tertiary/aromatic N) is 2. The summed E-state index contributed by atoms with van der Waals surface area (Å²) in [5.74, 6) is 1.51. The number of phenols is 1. The highest BCUT2D eigenvalue weighted by molar-refractivity contribution is 14.0. The van der Waals surface area contributed by atoms with E-state index < -0.39 is 0 Å². The van der Waals surface area contributed by atoms with Crippen molar-refractivity contribution in [3.8, 4) is 11.5 Å². The Hall–Kier alpha value is -1.68. The molecule has 2 heterocycles. The molecule has 2 aromatic rings. The molecule has 0 spiro atoms. The number of rotatable bonds is 7. The number of phenolic OH excluding ortho intramolecular Hbond substituents is 1. The van der Waals surface area contributed by atoms with E-state index in [1.165, 1.54) is 5.00 Å². The van der Waals surface area contributed by atoms with Crippen molar-refractivity contribution in [1.82, 2.24) is 10.6 Å². The van der Waals surface area contributed by atoms with Gasteiger partial charge in [-0.1, -0.05) is 6.07 Å². The molecule has 0 amide bonds. The molecule has 0 radical (unpaired) electrons. The molecular weight excluding hydrogens is 499 g/mol. The largest absolute Gasteiger partial charge is 0.504 e. The molecule has 3 rings (SSSR count). The lowest BCUT2D eigenvalue weighted by atomic mass is 10.1. The number of halogens is 1. The minimum Gasteiger partial charge on any atom is -0.504 e. The Morgan fingerprint density at radius 3 is 2.72 bits per heavy atom. The number of hydrogen-bond donors (Lipinski definition) is 3. The predicted octanol–water partition coefficient (Wildman–Crippen LogP) is 4.19. The van der Waals surface area contributed by atoms with Crippen LogP contribution in [-0.4, -0.2) is 43.3 Å². The van der Waals surface area contributed by atoms with Crippen molar-refractivity contribution >= 4 is 46.3 Å². The Bertz CT molecular complexity index is 762. The van der Waals surface area contributed by atoms with Crippen molar-refractivity contribution in [3.05, 3.63) is 41.3 Å². The molecule has 29 heavy (non-hydrogen) atoms. The zero-order valence-electron chi connectivity index (χ0n) is 17.1. The minimum absolute atomic E-state index is 0. The van der Waals surface area contributed by atoms with Gasteiger partial charge in [0.1, 0.15) is 0 Å². The second kappa shape index (κ2) is 12.1. The summed E-state index contributed by atoms with van der Waals surface area (Å²) in [6.07, 6.45) is 2.19. The van der Waals surface area contributed by atoms with Gasteiger partial charge in [0.05, 0.1) is 18.2 Å². The Morgan fingerprint density at radius 1 is 1.28 bits per heavy atom. The van der Waals surface area contributed by atoms with Gasteiger partial charge in [-0.15, -0.1) is 35.3 Å². The predicted molar refractivity (Wildman–Crippen MR) is 132 cm³/mol. The van der Waals surface area contributed by atoms with Crippen molar-refractivity contribution in [2.24, 2.45) is 4.99 Å². The molecule has 0 bridgehead atoms. The molecule has 0 saturated carbocycles. The fourth-order valence-electron chi connectivity index (χ4n) is 3.31. The van der Waals surface area contributed by atoms with Gasteiger partial charge >= 0.3 is 0 Å². The number of thiophene rings is 1. The summed E-state index contributed by atoms with van der Waals surface area (Å²) in [5, 5.41) is 20.3. The fourth-order valence-corrected chi connectivity index (χ4v) is 4.09. The lowest BCUT2D eigenvalue weighted by Crippen LogP contribution is -2.48. The zero-order chi connectivity index (χ0) is 19.8. The number of anilines is 1. The third-order valence-corrected chi connectivity index (χ3v) is 5.67. The van der Waals surface area contributed by atoms with Crippen LogP contribution in [0.15, 0.2) is 40.7 Å². The molecule has 1 aliphatic heterocycles. The molecule has 1 aromatic carbocycles. The van der Waals surface area contributed by atoms with E-state index in [0.717, 1.165) is 44.0 Å². The quantitative estimate of drug-likeness (QED) is 0.285. The monoisotopic (exact) mass is 530 g/mol. The standard InChI is InChI=1S/C21H30N4O2S.HI/c1-3-22-21(23-15-16-7-8-18(26)19(14-16)27-4-2)24-17-9-11-25(12-10-17)20-6-5-13-28-20;/h5-8,13-14,17,26H,3-4,9-12,15H2,1-2H3,(H2,22,23,24);1H. The minimum atomic E-state index is 0. The lowest BCUT2D eigenvalue weighted by Gasteiger charge is -2.33. The Kier molecular flexibility index (Phi) is 9.86. The average molecular weight is 530 g/mol. The van der Waals surface area contributed by atoms with Gasteiger partial charge in [-0.05, 0) is 61.9 Å². The van der Waals surface area contributed by atoms with Crippen molar-refractivity contribution in [1.29, 1.82) is 0 Å². The van der Waals surface area contributed by atoms with Crippen molar-refractivity contribution < 1.29 is 9.84 Å². The highest BCUT2D eigenvalue weighted by atomic mass is 127. The number of nitrogens with one attached hydrogen (secondary N) is 2. The Morgan fingerprint density at radius 2 is 2.07 bits per heavy atom. The Labute approximate surface area is 194 Å². The van der Waals surface area contributed by atoms with Gasteiger partial charge in [-0.2, -0.15) is 0 Å². The third kappa shape index (κ3) is 6.95. The van der Waals surface area contributed by atoms with Gasteiger partial charge < -0.3 is 25.4 Å². The summed E-state index contributed by atoms with van der Waals surface area (Å²) in [7, 11) is 0. The number of guanidine groups is 1. The number of aliphatic imine (C=N–C) groups is 1. The summed E-state index contributed by atoms with van der Waals surface area (Å²) in [4.78, 5) is 7.18. The van der Waals surface area contributed by atoms with Crippen LogP contribution in [0.4, 0.5) is 5.00 Å². The first kappa shape index (κ1) is 23.6. The number of hydrogen-bond acceptors (Lipinski definition) is 5. The summed E-state index contributed by atoms with van der Waals surface area (Å²) < 4.78 is 5.46. The Balaban J connectivity index is 0.00000300. The van der Waals surface area contributed by atoms with E-state index in [1.54, 1.807) is 17.4 Å². The molecule has 0 atom stereocenters. The topological polar surface area (TPSA) is 69.1 Å². The van der Waals surface area contributed by atoms with Crippen LogP contribution >= 0.6 is 35.3 Å². The third-order valence-electron chi connectivity index (χ3n) is 4.74. The van der Waals surface area contributed by atoms with Gasteiger partial charge in [0.25, 0.3) is 0 Å². The summed E-state index contributed by atoms with van der Waals surface area (Å²) in [6, 6.07) is 10.1. The molecule has 6 nitrogen and oxygen atoms in total. The molecule has 0 aliphatic carbocycles.